The van der Waals surface area contributed by atoms with Gasteiger partial charge < -0.3 is 9.84 Å². The second-order valence-electron chi connectivity index (χ2n) is 7.07. The van der Waals surface area contributed by atoms with Gasteiger partial charge in [0.1, 0.15) is 0 Å². The summed E-state index contributed by atoms with van der Waals surface area (Å²) in [4.78, 5) is 24.4. The molecule has 1 aliphatic rings. The van der Waals surface area contributed by atoms with E-state index in [0.29, 0.717) is 18.4 Å². The van der Waals surface area contributed by atoms with Crippen LogP contribution in [0.4, 0.5) is 0 Å². The number of hydrogen-bond acceptors (Lipinski definition) is 4. The third kappa shape index (κ3) is 6.13. The Labute approximate surface area is 151 Å². The van der Waals surface area contributed by atoms with E-state index in [9.17, 15) is 9.59 Å². The molecule has 1 atom stereocenters. The average molecular weight is 346 g/mol. The molecule has 0 saturated heterocycles. The molecule has 4 heteroatoms. The third-order valence-corrected chi connectivity index (χ3v) is 4.37. The molecule has 25 heavy (non-hydrogen) atoms. The van der Waals surface area contributed by atoms with Gasteiger partial charge in [0.15, 0.2) is 11.9 Å². The minimum absolute atomic E-state index is 0.0623. The number of allylic oxidation sites excluding steroid dienone is 7. The van der Waals surface area contributed by atoms with Crippen LogP contribution < -0.4 is 0 Å². The summed E-state index contributed by atoms with van der Waals surface area (Å²) in [5, 5.41) is 8.79. The topological polar surface area (TPSA) is 63.6 Å². The second kappa shape index (κ2) is 9.52. The van der Waals surface area contributed by atoms with Crippen molar-refractivity contribution in [2.75, 3.05) is 6.61 Å². The zero-order chi connectivity index (χ0) is 19.0. The van der Waals surface area contributed by atoms with Gasteiger partial charge in [0.2, 0.25) is 0 Å². The van der Waals surface area contributed by atoms with Crippen molar-refractivity contribution in [2.24, 2.45) is 5.41 Å². The summed E-state index contributed by atoms with van der Waals surface area (Å²) in [7, 11) is 0. The quantitative estimate of drug-likeness (QED) is 0.558. The standard InChI is InChI=1S/C21H30O4/c1-6-7-9-15(2)11-12-17-16(3)20(24)18(14-21(17,4)5)25-19(23)10-8-13-22/h6-7,9,11-12,18,22H,8,10,13-14H2,1-5H3/b7-6+,12-11+,15-9+. The molecule has 4 nitrogen and oxygen atoms in total. The molecule has 138 valence electrons. The molecule has 1 N–H and O–H groups in total. The van der Waals surface area contributed by atoms with Crippen LogP contribution in [0.25, 0.3) is 0 Å². The second-order valence-corrected chi connectivity index (χ2v) is 7.07. The van der Waals surface area contributed by atoms with E-state index in [1.807, 2.05) is 44.2 Å². The Bertz CT molecular complexity index is 618. The van der Waals surface area contributed by atoms with Crippen molar-refractivity contribution in [1.29, 1.82) is 0 Å². The van der Waals surface area contributed by atoms with Gasteiger partial charge in [-0.2, -0.15) is 0 Å². The number of aliphatic hydroxyl groups is 1. The van der Waals surface area contributed by atoms with Gasteiger partial charge in [-0.3, -0.25) is 9.59 Å². The number of ketones is 1. The first kappa shape index (κ1) is 21.1. The van der Waals surface area contributed by atoms with Gasteiger partial charge in [0.05, 0.1) is 0 Å². The number of carbonyl (C=O) groups excluding carboxylic acids is 2. The van der Waals surface area contributed by atoms with Gasteiger partial charge >= 0.3 is 5.97 Å². The van der Waals surface area contributed by atoms with Gasteiger partial charge in [0.25, 0.3) is 0 Å². The average Bonchev–Trinajstić information content (AvgIpc) is 2.55. The fraction of sp³-hybridized carbons (Fsp3) is 0.524. The first-order valence-electron chi connectivity index (χ1n) is 8.76. The molecule has 0 aromatic carbocycles. The Kier molecular flexibility index (Phi) is 8.04. The Morgan fingerprint density at radius 2 is 2.08 bits per heavy atom. The molecule has 0 bridgehead atoms. The first-order valence-corrected chi connectivity index (χ1v) is 8.76. The lowest BCUT2D eigenvalue weighted by atomic mass is 9.71. The molecule has 0 heterocycles. The minimum atomic E-state index is -0.738. The SMILES string of the molecule is C/C=C/C=C(C)/C=C/C1=C(C)C(=O)C(OC(=O)CCCO)CC1(C)C. The van der Waals surface area contributed by atoms with Crippen LogP contribution in [0.15, 0.2) is 47.1 Å². The monoisotopic (exact) mass is 346 g/mol. The summed E-state index contributed by atoms with van der Waals surface area (Å²) < 4.78 is 5.36. The Morgan fingerprint density at radius 3 is 2.68 bits per heavy atom. The fourth-order valence-electron chi connectivity index (χ4n) is 2.95. The Balaban J connectivity index is 2.99. The number of carbonyl (C=O) groups is 2. The van der Waals surface area contributed by atoms with Crippen LogP contribution in [0.3, 0.4) is 0 Å². The van der Waals surface area contributed by atoms with Gasteiger partial charge in [-0.15, -0.1) is 0 Å². The largest absolute Gasteiger partial charge is 0.454 e. The maximum atomic E-state index is 12.6. The van der Waals surface area contributed by atoms with E-state index in [1.54, 1.807) is 6.92 Å². The molecule has 1 aliphatic carbocycles. The first-order chi connectivity index (χ1) is 11.7. The van der Waals surface area contributed by atoms with Crippen LogP contribution in [-0.2, 0) is 14.3 Å². The smallest absolute Gasteiger partial charge is 0.306 e. The minimum Gasteiger partial charge on any atom is -0.454 e. The number of aliphatic hydroxyl groups excluding tert-OH is 1. The van der Waals surface area contributed by atoms with E-state index in [-0.39, 0.29) is 24.2 Å². The van der Waals surface area contributed by atoms with Crippen LogP contribution in [0.2, 0.25) is 0 Å². The molecule has 0 aromatic rings. The fourth-order valence-corrected chi connectivity index (χ4v) is 2.95. The highest BCUT2D eigenvalue weighted by molar-refractivity contribution is 6.01. The predicted octanol–water partition coefficient (Wildman–Crippen LogP) is 4.06. The maximum absolute atomic E-state index is 12.6. The van der Waals surface area contributed by atoms with Crippen LogP contribution in [0.5, 0.6) is 0 Å². The molecule has 0 aliphatic heterocycles. The molecule has 0 spiro atoms. The molecule has 1 unspecified atom stereocenters. The zero-order valence-corrected chi connectivity index (χ0v) is 16.0. The molecule has 0 radical (unpaired) electrons. The molecule has 0 amide bonds. The van der Waals surface area contributed by atoms with Crippen LogP contribution in [0.1, 0.15) is 53.9 Å². The maximum Gasteiger partial charge on any atom is 0.306 e. The molecule has 0 saturated carbocycles. The summed E-state index contributed by atoms with van der Waals surface area (Å²) in [5.74, 6) is -0.563. The third-order valence-electron chi connectivity index (χ3n) is 4.37. The number of rotatable bonds is 7. The van der Waals surface area contributed by atoms with Gasteiger partial charge in [0, 0.05) is 19.4 Å². The van der Waals surface area contributed by atoms with Crippen molar-refractivity contribution >= 4 is 11.8 Å². The zero-order valence-electron chi connectivity index (χ0n) is 16.0. The van der Waals surface area contributed by atoms with Gasteiger partial charge in [-0.1, -0.05) is 49.8 Å². The number of Topliss-reactive ketones (excluding diaryl/α,β-unsaturated/α-hetero) is 1. The highest BCUT2D eigenvalue weighted by Gasteiger charge is 2.39. The number of hydrogen-bond donors (Lipinski definition) is 1. The summed E-state index contributed by atoms with van der Waals surface area (Å²) in [6, 6.07) is 0. The molecular weight excluding hydrogens is 316 g/mol. The molecule has 0 fully saturated rings. The van der Waals surface area contributed by atoms with E-state index < -0.39 is 12.1 Å². The summed E-state index contributed by atoms with van der Waals surface area (Å²) >= 11 is 0. The number of esters is 1. The lowest BCUT2D eigenvalue weighted by Gasteiger charge is -2.36. The van der Waals surface area contributed by atoms with E-state index in [4.69, 9.17) is 9.84 Å². The highest BCUT2D eigenvalue weighted by atomic mass is 16.5. The van der Waals surface area contributed by atoms with Crippen molar-refractivity contribution in [3.8, 4) is 0 Å². The lowest BCUT2D eigenvalue weighted by Crippen LogP contribution is -2.39. The van der Waals surface area contributed by atoms with Gasteiger partial charge in [-0.25, -0.2) is 0 Å². The summed E-state index contributed by atoms with van der Waals surface area (Å²) in [5.41, 5.74) is 2.45. The van der Waals surface area contributed by atoms with Crippen molar-refractivity contribution < 1.29 is 19.4 Å². The van der Waals surface area contributed by atoms with Crippen molar-refractivity contribution in [1.82, 2.24) is 0 Å². The van der Waals surface area contributed by atoms with Crippen LogP contribution >= 0.6 is 0 Å². The normalized spacial score (nSPS) is 21.4. The molecule has 1 rings (SSSR count). The predicted molar refractivity (Wildman–Crippen MR) is 100 cm³/mol. The Hall–Kier alpha value is -1.94. The lowest BCUT2D eigenvalue weighted by molar-refractivity contribution is -0.156. The van der Waals surface area contributed by atoms with E-state index in [1.165, 1.54) is 0 Å². The highest BCUT2D eigenvalue weighted by Crippen LogP contribution is 2.40. The van der Waals surface area contributed by atoms with Gasteiger partial charge in [-0.05, 0) is 43.8 Å². The number of ether oxygens (including phenoxy) is 1. The van der Waals surface area contributed by atoms with E-state index >= 15 is 0 Å². The Morgan fingerprint density at radius 1 is 1.40 bits per heavy atom. The van der Waals surface area contributed by atoms with Crippen LogP contribution in [-0.4, -0.2) is 29.6 Å². The van der Waals surface area contributed by atoms with Crippen LogP contribution in [0, 0.1) is 5.41 Å². The van der Waals surface area contributed by atoms with Crippen molar-refractivity contribution in [3.05, 3.63) is 47.1 Å². The van der Waals surface area contributed by atoms with E-state index in [0.717, 1.165) is 11.1 Å². The van der Waals surface area contributed by atoms with Crippen molar-refractivity contribution in [2.45, 2.75) is 60.0 Å². The van der Waals surface area contributed by atoms with E-state index in [2.05, 4.69) is 13.8 Å². The summed E-state index contributed by atoms with van der Waals surface area (Å²) in [6.45, 7) is 9.82. The molecular formula is C21H30O4. The molecule has 0 aromatic heterocycles. The van der Waals surface area contributed by atoms with Crippen molar-refractivity contribution in [3.63, 3.8) is 0 Å². The summed E-state index contributed by atoms with van der Waals surface area (Å²) in [6.07, 6.45) is 10.1.